The molecule has 0 radical (unpaired) electrons. The lowest BCUT2D eigenvalue weighted by Gasteiger charge is -2.30. The van der Waals surface area contributed by atoms with Gasteiger partial charge in [-0.1, -0.05) is 35.5 Å². The number of aromatic nitrogens is 5. The van der Waals surface area contributed by atoms with Gasteiger partial charge in [0.15, 0.2) is 0 Å². The molecule has 1 saturated heterocycles. The summed E-state index contributed by atoms with van der Waals surface area (Å²) in [7, 11) is 0. The van der Waals surface area contributed by atoms with Gasteiger partial charge in [-0.2, -0.15) is 10.1 Å². The lowest BCUT2D eigenvalue weighted by Crippen LogP contribution is -2.35. The van der Waals surface area contributed by atoms with Crippen molar-refractivity contribution < 1.29 is 4.52 Å². The first-order valence-corrected chi connectivity index (χ1v) is 8.81. The Hall–Kier alpha value is -2.54. The normalized spacial score (nSPS) is 18.5. The Morgan fingerprint density at radius 1 is 1.24 bits per heavy atom. The van der Waals surface area contributed by atoms with Crippen LogP contribution in [-0.2, 0) is 13.1 Å². The molecule has 0 aliphatic carbocycles. The lowest BCUT2D eigenvalue weighted by atomic mass is 9.98. The molecule has 7 nitrogen and oxygen atoms in total. The SMILES string of the molecule is CCn1ncnc1CN1CCCC(c2nc(-c3ccccc3)no2)C1. The van der Waals surface area contributed by atoms with Crippen LogP contribution in [0.5, 0.6) is 0 Å². The van der Waals surface area contributed by atoms with E-state index in [-0.39, 0.29) is 5.92 Å². The fourth-order valence-corrected chi connectivity index (χ4v) is 3.38. The van der Waals surface area contributed by atoms with E-state index in [1.54, 1.807) is 6.33 Å². The standard InChI is InChI=1S/C18H22N6O/c1-2-24-16(19-13-20-24)12-23-10-6-9-15(11-23)18-21-17(22-25-18)14-7-4-3-5-8-14/h3-5,7-8,13,15H,2,6,9-12H2,1H3. The number of hydrogen-bond acceptors (Lipinski definition) is 6. The molecule has 1 aliphatic heterocycles. The van der Waals surface area contributed by atoms with Gasteiger partial charge in [0, 0.05) is 18.7 Å². The van der Waals surface area contributed by atoms with E-state index in [4.69, 9.17) is 4.52 Å². The number of nitrogens with zero attached hydrogens (tertiary/aromatic N) is 6. The zero-order valence-electron chi connectivity index (χ0n) is 14.4. The molecular formula is C18H22N6O. The first kappa shape index (κ1) is 16.0. The maximum absolute atomic E-state index is 5.57. The van der Waals surface area contributed by atoms with Gasteiger partial charge >= 0.3 is 0 Å². The van der Waals surface area contributed by atoms with E-state index in [9.17, 15) is 0 Å². The molecule has 1 atom stereocenters. The summed E-state index contributed by atoms with van der Waals surface area (Å²) in [5.74, 6) is 2.69. The highest BCUT2D eigenvalue weighted by Gasteiger charge is 2.27. The summed E-state index contributed by atoms with van der Waals surface area (Å²) in [4.78, 5) is 11.4. The number of benzene rings is 1. The van der Waals surface area contributed by atoms with Gasteiger partial charge in [-0.05, 0) is 26.3 Å². The Balaban J connectivity index is 1.45. The third kappa shape index (κ3) is 3.46. The first-order valence-electron chi connectivity index (χ1n) is 8.81. The molecule has 0 spiro atoms. The highest BCUT2D eigenvalue weighted by molar-refractivity contribution is 5.53. The van der Waals surface area contributed by atoms with Gasteiger partial charge in [-0.3, -0.25) is 4.90 Å². The summed E-state index contributed by atoms with van der Waals surface area (Å²) < 4.78 is 7.51. The van der Waals surface area contributed by atoms with Crippen molar-refractivity contribution in [3.05, 3.63) is 48.4 Å². The Labute approximate surface area is 146 Å². The second-order valence-electron chi connectivity index (χ2n) is 6.39. The van der Waals surface area contributed by atoms with Crippen molar-refractivity contribution in [2.24, 2.45) is 0 Å². The first-order chi connectivity index (χ1) is 12.3. The molecule has 3 heterocycles. The molecule has 0 saturated carbocycles. The minimum absolute atomic E-state index is 0.275. The second-order valence-corrected chi connectivity index (χ2v) is 6.39. The van der Waals surface area contributed by atoms with Gasteiger partial charge in [0.05, 0.1) is 12.5 Å². The smallest absolute Gasteiger partial charge is 0.231 e. The molecule has 0 N–H and O–H groups in total. The van der Waals surface area contributed by atoms with Gasteiger partial charge in [0.2, 0.25) is 11.7 Å². The zero-order chi connectivity index (χ0) is 17.1. The highest BCUT2D eigenvalue weighted by Crippen LogP contribution is 2.28. The van der Waals surface area contributed by atoms with E-state index < -0.39 is 0 Å². The van der Waals surface area contributed by atoms with Crippen LogP contribution < -0.4 is 0 Å². The molecule has 0 bridgehead atoms. The summed E-state index contributed by atoms with van der Waals surface area (Å²) in [6.45, 7) is 5.71. The number of aryl methyl sites for hydroxylation is 1. The topological polar surface area (TPSA) is 72.9 Å². The molecule has 3 aromatic rings. The summed E-state index contributed by atoms with van der Waals surface area (Å²) in [5.41, 5.74) is 0.987. The lowest BCUT2D eigenvalue weighted by molar-refractivity contribution is 0.174. The summed E-state index contributed by atoms with van der Waals surface area (Å²) in [6, 6.07) is 9.95. The van der Waals surface area contributed by atoms with Gasteiger partial charge < -0.3 is 4.52 Å². The van der Waals surface area contributed by atoms with Crippen molar-refractivity contribution in [1.29, 1.82) is 0 Å². The van der Waals surface area contributed by atoms with Gasteiger partial charge in [-0.15, -0.1) is 0 Å². The van der Waals surface area contributed by atoms with Crippen molar-refractivity contribution in [2.45, 2.75) is 38.8 Å². The van der Waals surface area contributed by atoms with Gasteiger partial charge in [0.1, 0.15) is 12.2 Å². The number of rotatable bonds is 5. The van der Waals surface area contributed by atoms with Crippen LogP contribution in [0.15, 0.2) is 41.2 Å². The van der Waals surface area contributed by atoms with Crippen molar-refractivity contribution in [2.75, 3.05) is 13.1 Å². The van der Waals surface area contributed by atoms with Crippen LogP contribution in [0.3, 0.4) is 0 Å². The average molecular weight is 338 g/mol. The molecule has 130 valence electrons. The Morgan fingerprint density at radius 3 is 2.96 bits per heavy atom. The molecule has 1 aromatic carbocycles. The average Bonchev–Trinajstić information content (AvgIpc) is 3.32. The van der Waals surface area contributed by atoms with E-state index in [1.165, 1.54) is 0 Å². The Morgan fingerprint density at radius 2 is 2.12 bits per heavy atom. The Bertz CT molecular complexity index is 812. The van der Waals surface area contributed by atoms with Crippen LogP contribution in [0, 0.1) is 0 Å². The van der Waals surface area contributed by atoms with Gasteiger partial charge in [0.25, 0.3) is 0 Å². The number of hydrogen-bond donors (Lipinski definition) is 0. The molecule has 4 rings (SSSR count). The van der Waals surface area contributed by atoms with Crippen molar-refractivity contribution in [3.8, 4) is 11.4 Å². The van der Waals surface area contributed by atoms with Crippen LogP contribution in [0.1, 0.15) is 37.4 Å². The third-order valence-electron chi connectivity index (χ3n) is 4.69. The predicted molar refractivity (Wildman–Crippen MR) is 92.7 cm³/mol. The fourth-order valence-electron chi connectivity index (χ4n) is 3.38. The van der Waals surface area contributed by atoms with E-state index in [2.05, 4.69) is 32.0 Å². The third-order valence-corrected chi connectivity index (χ3v) is 4.69. The number of likely N-dealkylation sites (tertiary alicyclic amines) is 1. The number of piperidine rings is 1. The van der Waals surface area contributed by atoms with Crippen molar-refractivity contribution in [1.82, 2.24) is 29.8 Å². The predicted octanol–water partition coefficient (Wildman–Crippen LogP) is 2.73. The monoisotopic (exact) mass is 338 g/mol. The molecule has 0 amide bonds. The van der Waals surface area contributed by atoms with E-state index in [1.807, 2.05) is 35.0 Å². The highest BCUT2D eigenvalue weighted by atomic mass is 16.5. The molecule has 7 heteroatoms. The molecule has 1 unspecified atom stereocenters. The summed E-state index contributed by atoms with van der Waals surface area (Å²) >= 11 is 0. The van der Waals surface area contributed by atoms with E-state index in [0.717, 1.165) is 56.3 Å². The quantitative estimate of drug-likeness (QED) is 0.712. The molecule has 1 aliphatic rings. The molecular weight excluding hydrogens is 316 g/mol. The Kier molecular flexibility index (Phi) is 4.56. The molecule has 1 fully saturated rings. The van der Waals surface area contributed by atoms with Crippen LogP contribution in [-0.4, -0.2) is 42.9 Å². The summed E-state index contributed by atoms with van der Waals surface area (Å²) in [5, 5.41) is 8.41. The van der Waals surface area contributed by atoms with E-state index in [0.29, 0.717) is 5.82 Å². The zero-order valence-corrected chi connectivity index (χ0v) is 14.4. The van der Waals surface area contributed by atoms with Crippen molar-refractivity contribution >= 4 is 0 Å². The largest absolute Gasteiger partial charge is 0.339 e. The van der Waals surface area contributed by atoms with Crippen LogP contribution in [0.2, 0.25) is 0 Å². The van der Waals surface area contributed by atoms with Crippen LogP contribution in [0.25, 0.3) is 11.4 Å². The van der Waals surface area contributed by atoms with Crippen LogP contribution >= 0.6 is 0 Å². The molecule has 2 aromatic heterocycles. The fraction of sp³-hybridized carbons (Fsp3) is 0.444. The van der Waals surface area contributed by atoms with Gasteiger partial charge in [-0.25, -0.2) is 9.67 Å². The van der Waals surface area contributed by atoms with Crippen molar-refractivity contribution in [3.63, 3.8) is 0 Å². The minimum Gasteiger partial charge on any atom is -0.339 e. The maximum atomic E-state index is 5.57. The molecule has 25 heavy (non-hydrogen) atoms. The van der Waals surface area contributed by atoms with E-state index >= 15 is 0 Å². The second kappa shape index (κ2) is 7.14. The maximum Gasteiger partial charge on any atom is 0.231 e. The minimum atomic E-state index is 0.275. The summed E-state index contributed by atoms with van der Waals surface area (Å²) in [6.07, 6.45) is 3.83. The van der Waals surface area contributed by atoms with Crippen LogP contribution in [0.4, 0.5) is 0 Å².